The van der Waals surface area contributed by atoms with Gasteiger partial charge in [-0.2, -0.15) is 0 Å². The molecule has 7 fully saturated rings. The van der Waals surface area contributed by atoms with Gasteiger partial charge in [-0.05, 0) is 248 Å². The Morgan fingerprint density at radius 2 is 1.62 bits per heavy atom. The van der Waals surface area contributed by atoms with Gasteiger partial charge in [0, 0.05) is 82.1 Å². The second-order valence-corrected chi connectivity index (χ2v) is 35.9. The van der Waals surface area contributed by atoms with Crippen molar-refractivity contribution in [1.82, 2.24) is 10.6 Å². The van der Waals surface area contributed by atoms with Crippen molar-refractivity contribution in [2.45, 2.75) is 191 Å². The van der Waals surface area contributed by atoms with Gasteiger partial charge in [-0.3, -0.25) is 4.79 Å². The average Bonchev–Trinajstić information content (AvgIpc) is 1.58. The van der Waals surface area contributed by atoms with E-state index in [0.717, 1.165) is 101 Å². The van der Waals surface area contributed by atoms with Crippen LogP contribution in [0.5, 0.6) is 0 Å². The van der Waals surface area contributed by atoms with E-state index in [9.17, 15) is 20.4 Å². The molecule has 4 aliphatic heterocycles. The van der Waals surface area contributed by atoms with Crippen molar-refractivity contribution in [3.63, 3.8) is 0 Å². The maximum absolute atomic E-state index is 15.7. The number of aliphatic hydroxyl groups excluding tert-OH is 3. The summed E-state index contributed by atoms with van der Waals surface area (Å²) in [6, 6.07) is 28.1. The minimum Gasteiger partial charge on any atom is -0.516 e. The summed E-state index contributed by atoms with van der Waals surface area (Å²) in [5.74, 6) is 19.0. The molecular formula is C92H100N2O5. The Balaban J connectivity index is 0.844. The first-order valence-electron chi connectivity index (χ1n) is 39.8. The Hall–Kier alpha value is -6.77. The average molecular weight is 1310 g/mol. The number of aliphatic carboxylic acids is 1. The number of fused-ring (bicyclic) bond motifs is 6. The maximum atomic E-state index is 15.7. The van der Waals surface area contributed by atoms with E-state index in [1.807, 2.05) is 0 Å². The first kappa shape index (κ1) is 60.9. The van der Waals surface area contributed by atoms with Crippen LogP contribution in [0.2, 0.25) is 0 Å². The SMILES string of the molecule is O=C(O)[C@@H]1CC/C(=C\O)[C@H](C2CCCCC2)CCCNC2=CC=C(CN2)c2ccc3c(c2)[C@H]2C4=c5ccccc5=C[C@@H]5C4=C[C@]46C=CC[C@]7(CC#C[C@H]2C=C3)[C@@H](O)CC[C@@]52C3=C(C4)[C@]45[C@H]8[C@H](C#CC[C@]672)C[C@]2(C[C@H]6C[C@H](c7ccccc7)CC[C@H]6C2)[C@@H]8C=C[C@@]12[C@H](O)[C@H]4CCC[C@@]25CC3. The number of benzene rings is 3. The van der Waals surface area contributed by atoms with Gasteiger partial charge in [0.1, 0.15) is 0 Å². The van der Waals surface area contributed by atoms with Gasteiger partial charge in [-0.15, -0.1) is 11.8 Å². The lowest BCUT2D eigenvalue weighted by atomic mass is 9.23. The number of rotatable bonds is 3. The van der Waals surface area contributed by atoms with Crippen molar-refractivity contribution < 1.29 is 25.2 Å². The summed E-state index contributed by atoms with van der Waals surface area (Å²) >= 11 is 0. The topological polar surface area (TPSA) is 122 Å². The summed E-state index contributed by atoms with van der Waals surface area (Å²) in [5, 5.41) is 63.8. The number of carboxylic acid groups (broad SMARTS) is 1. The van der Waals surface area contributed by atoms with E-state index in [1.165, 1.54) is 107 Å². The van der Waals surface area contributed by atoms with Crippen LogP contribution in [0.1, 0.15) is 201 Å². The molecule has 7 nitrogen and oxygen atoms in total. The maximum Gasteiger partial charge on any atom is 0.307 e. The molecule has 6 N–H and O–H groups in total. The lowest BCUT2D eigenvalue weighted by molar-refractivity contribution is -0.244. The zero-order chi connectivity index (χ0) is 66.0. The molecule has 24 rings (SSSR count). The predicted molar refractivity (Wildman–Crippen MR) is 390 cm³/mol. The molecule has 4 heterocycles. The quantitative estimate of drug-likeness (QED) is 0.0877. The molecule has 3 aromatic rings. The van der Waals surface area contributed by atoms with Gasteiger partial charge in [0.05, 0.1) is 30.2 Å². The highest BCUT2D eigenvalue weighted by Gasteiger charge is 2.88. The van der Waals surface area contributed by atoms with Crippen molar-refractivity contribution in [2.75, 3.05) is 13.1 Å². The zero-order valence-electron chi connectivity index (χ0n) is 57.9. The second kappa shape index (κ2) is 21.6. The molecule has 99 heavy (non-hydrogen) atoms. The van der Waals surface area contributed by atoms with E-state index in [4.69, 9.17) is 0 Å². The number of carbonyl (C=O) groups is 1. The van der Waals surface area contributed by atoms with Crippen LogP contribution in [0.15, 0.2) is 156 Å². The van der Waals surface area contributed by atoms with Crippen LogP contribution in [0.25, 0.3) is 23.3 Å². The van der Waals surface area contributed by atoms with Gasteiger partial charge < -0.3 is 31.1 Å². The largest absolute Gasteiger partial charge is 0.516 e. The highest BCUT2D eigenvalue weighted by Crippen LogP contribution is 2.92. The fraction of sp³-hybridized carbons (Fsp3) is 0.554. The number of nitrogens with one attached hydrogen (secondary N) is 2. The fourth-order valence-electron chi connectivity index (χ4n) is 30.6. The summed E-state index contributed by atoms with van der Waals surface area (Å²) in [6.45, 7) is 1.49. The Labute approximate surface area is 586 Å². The Bertz CT molecular complexity index is 4530. The number of allylic oxidation sites excluding steroid dienone is 11. The highest BCUT2D eigenvalue weighted by atomic mass is 16.4. The molecule has 7 saturated carbocycles. The standard InChI is InChI=1S/C92H100N2O5/c95-55-66-30-32-75(84(98)99)90-43-35-73-82-64(50-85(73)49-63-29-28-60(46-67(63)51-85)56-14-3-1-4-15-56)20-10-41-91-86-37-13-39-87(91)38-9-19-59-26-24-58-25-27-61(65-31-33-79(94-54-65)93-45-12-22-68(66)57-16-5-2-6-17-57)47-70(58)80(59)81-69-21-8-7-18-62(69)48-76(71(81)52-86)89(91,44-36-78(87)96)72-34-42-88(90)40-11-23-74(83(90)97)92(82,88)77(72)53-86/h1,3-4,7-8,13-15,18,21,24-27,31,33,35,37,43,47-48,52,55,57,59-60,63-64,67-68,73-76,78,80,82-83,93-97H,2,5-6,11-12,16-17,22-23,28-30,32,34,36,38-42,44-46,49-51,53-54H2,(H,98,99)/b66-55+/t59-,60+,63-,64+,67+,68-,73+,74+,75-,76+,78-,80-,82-,83+,85+,86+,87+,88+,89+,90-,91-,92-/m0/s1. The minimum atomic E-state index is -1.07. The molecular weight excluding hydrogens is 1210 g/mol. The number of dihydropyridines is 1. The van der Waals surface area contributed by atoms with Crippen LogP contribution in [0.4, 0.5) is 0 Å². The van der Waals surface area contributed by atoms with Crippen LogP contribution in [-0.4, -0.2) is 51.7 Å². The number of aliphatic hydroxyl groups is 3. The highest BCUT2D eigenvalue weighted by molar-refractivity contribution is 5.84. The van der Waals surface area contributed by atoms with Gasteiger partial charge in [0.15, 0.2) is 0 Å². The first-order chi connectivity index (χ1) is 48.5. The molecule has 18 bridgehead atoms. The number of hydrogen-bond acceptors (Lipinski definition) is 6. The lowest BCUT2D eigenvalue weighted by Crippen LogP contribution is -2.76. The molecule has 508 valence electrons. The van der Waals surface area contributed by atoms with Crippen molar-refractivity contribution in [1.29, 1.82) is 0 Å². The summed E-state index contributed by atoms with van der Waals surface area (Å²) in [4.78, 5) is 15.7. The molecule has 17 aliphatic carbocycles. The van der Waals surface area contributed by atoms with E-state index in [1.54, 1.807) is 11.1 Å². The van der Waals surface area contributed by atoms with Crippen LogP contribution >= 0.6 is 0 Å². The van der Waals surface area contributed by atoms with Crippen LogP contribution in [-0.2, 0) is 4.79 Å². The fourth-order valence-corrected chi connectivity index (χ4v) is 30.6. The molecule has 0 aromatic heterocycles. The van der Waals surface area contributed by atoms with Gasteiger partial charge in [-0.25, -0.2) is 0 Å². The molecule has 5 spiro atoms. The summed E-state index contributed by atoms with van der Waals surface area (Å²) in [7, 11) is 0. The molecule has 0 amide bonds. The minimum absolute atomic E-state index is 0.0154. The third-order valence-corrected chi connectivity index (χ3v) is 33.5. The van der Waals surface area contributed by atoms with Crippen LogP contribution < -0.4 is 21.1 Å². The Kier molecular flexibility index (Phi) is 13.3. The molecule has 0 saturated heterocycles. The third-order valence-electron chi connectivity index (χ3n) is 33.5. The van der Waals surface area contributed by atoms with Crippen molar-refractivity contribution in [3.8, 4) is 23.7 Å². The van der Waals surface area contributed by atoms with E-state index in [-0.39, 0.29) is 52.8 Å². The summed E-state index contributed by atoms with van der Waals surface area (Å²) < 4.78 is 0. The van der Waals surface area contributed by atoms with E-state index in [2.05, 4.69) is 168 Å². The Morgan fingerprint density at radius 1 is 0.747 bits per heavy atom. The van der Waals surface area contributed by atoms with Crippen LogP contribution in [0.3, 0.4) is 0 Å². The smallest absolute Gasteiger partial charge is 0.307 e. The van der Waals surface area contributed by atoms with Crippen LogP contribution in [0, 0.1) is 132 Å². The number of carboxylic acids is 1. The van der Waals surface area contributed by atoms with E-state index < -0.39 is 62.0 Å². The monoisotopic (exact) mass is 1310 g/mol. The van der Waals surface area contributed by atoms with E-state index in [0.29, 0.717) is 62.3 Å². The molecule has 22 atom stereocenters. The predicted octanol–water partition coefficient (Wildman–Crippen LogP) is 16.2. The normalized spacial score (nSPS) is 45.8. The van der Waals surface area contributed by atoms with Gasteiger partial charge >= 0.3 is 5.97 Å². The lowest BCUT2D eigenvalue weighted by Gasteiger charge is -2.80. The van der Waals surface area contributed by atoms with Crippen molar-refractivity contribution in [3.05, 3.63) is 188 Å². The summed E-state index contributed by atoms with van der Waals surface area (Å²) in [6.07, 6.45) is 50.0. The van der Waals surface area contributed by atoms with Gasteiger partial charge in [-0.1, -0.05) is 176 Å². The molecule has 0 unspecified atom stereocenters. The third kappa shape index (κ3) is 7.55. The van der Waals surface area contributed by atoms with Crippen molar-refractivity contribution >= 4 is 29.3 Å². The number of hydrogen-bond donors (Lipinski definition) is 6. The molecule has 0 radical (unpaired) electrons. The van der Waals surface area contributed by atoms with Gasteiger partial charge in [0.25, 0.3) is 0 Å². The second-order valence-electron chi connectivity index (χ2n) is 35.9. The zero-order valence-corrected chi connectivity index (χ0v) is 57.9. The van der Waals surface area contributed by atoms with Gasteiger partial charge in [0.2, 0.25) is 0 Å². The summed E-state index contributed by atoms with van der Waals surface area (Å²) in [5.41, 5.74) is 9.31. The molecule has 7 heteroatoms. The van der Waals surface area contributed by atoms with E-state index >= 15 is 4.79 Å². The molecule has 3 aromatic carbocycles. The first-order valence-corrected chi connectivity index (χ1v) is 39.8. The molecule has 21 aliphatic rings. The van der Waals surface area contributed by atoms with Crippen molar-refractivity contribution in [2.24, 2.45) is 108 Å². The Morgan fingerprint density at radius 3 is 2.48 bits per heavy atom.